The summed E-state index contributed by atoms with van der Waals surface area (Å²) in [4.78, 5) is 25.3. The van der Waals surface area contributed by atoms with Crippen LogP contribution in [-0.2, 0) is 4.79 Å². The van der Waals surface area contributed by atoms with Crippen molar-refractivity contribution in [3.8, 4) is 0 Å². The fourth-order valence-corrected chi connectivity index (χ4v) is 3.24. The molecule has 0 radical (unpaired) electrons. The van der Waals surface area contributed by atoms with Gasteiger partial charge in [-0.3, -0.25) is 4.79 Å². The van der Waals surface area contributed by atoms with E-state index in [-0.39, 0.29) is 11.2 Å². The molecule has 3 rings (SSSR count). The van der Waals surface area contributed by atoms with E-state index in [1.807, 2.05) is 38.1 Å². The quantitative estimate of drug-likeness (QED) is 0.561. The SMILES string of the molecule is Cc1nc(S[C@H](C)C(=O)Nc2ccc(Cl)cn2)c2ccccc2n1. The van der Waals surface area contributed by atoms with Gasteiger partial charge in [-0.15, -0.1) is 0 Å². The van der Waals surface area contributed by atoms with Crippen molar-refractivity contribution >= 4 is 46.0 Å². The third kappa shape index (κ3) is 3.83. The molecule has 0 aliphatic carbocycles. The summed E-state index contributed by atoms with van der Waals surface area (Å²) in [5.74, 6) is 1.01. The van der Waals surface area contributed by atoms with Gasteiger partial charge in [-0.05, 0) is 32.0 Å². The van der Waals surface area contributed by atoms with Crippen LogP contribution in [0.2, 0.25) is 5.02 Å². The number of thioether (sulfide) groups is 1. The van der Waals surface area contributed by atoms with Gasteiger partial charge < -0.3 is 5.32 Å². The Morgan fingerprint density at radius 3 is 2.75 bits per heavy atom. The van der Waals surface area contributed by atoms with Crippen molar-refractivity contribution in [1.82, 2.24) is 15.0 Å². The van der Waals surface area contributed by atoms with Gasteiger partial charge in [0, 0.05) is 11.6 Å². The number of rotatable bonds is 4. The van der Waals surface area contributed by atoms with Crippen LogP contribution in [0.1, 0.15) is 12.7 Å². The van der Waals surface area contributed by atoms with Crippen LogP contribution in [0.3, 0.4) is 0 Å². The number of fused-ring (bicyclic) bond motifs is 1. The first-order chi connectivity index (χ1) is 11.5. The second-order valence-electron chi connectivity index (χ2n) is 5.20. The molecular weight excluding hydrogens is 344 g/mol. The minimum atomic E-state index is -0.333. The third-order valence-corrected chi connectivity index (χ3v) is 4.64. The fourth-order valence-electron chi connectivity index (χ4n) is 2.15. The van der Waals surface area contributed by atoms with E-state index in [1.165, 1.54) is 18.0 Å². The minimum absolute atomic E-state index is 0.143. The van der Waals surface area contributed by atoms with E-state index in [0.717, 1.165) is 15.9 Å². The lowest BCUT2D eigenvalue weighted by atomic mass is 10.2. The molecule has 24 heavy (non-hydrogen) atoms. The van der Waals surface area contributed by atoms with Gasteiger partial charge in [0.2, 0.25) is 5.91 Å². The number of aryl methyl sites for hydroxylation is 1. The highest BCUT2D eigenvalue weighted by molar-refractivity contribution is 8.00. The van der Waals surface area contributed by atoms with E-state index in [2.05, 4.69) is 20.3 Å². The molecule has 0 aliphatic heterocycles. The van der Waals surface area contributed by atoms with Gasteiger partial charge in [0.25, 0.3) is 0 Å². The lowest BCUT2D eigenvalue weighted by Crippen LogP contribution is -2.23. The van der Waals surface area contributed by atoms with Crippen LogP contribution < -0.4 is 5.32 Å². The maximum atomic E-state index is 12.4. The second-order valence-corrected chi connectivity index (χ2v) is 6.97. The van der Waals surface area contributed by atoms with Crippen molar-refractivity contribution in [2.24, 2.45) is 0 Å². The number of hydrogen-bond donors (Lipinski definition) is 1. The lowest BCUT2D eigenvalue weighted by Gasteiger charge is -2.12. The molecule has 0 spiro atoms. The number of anilines is 1. The zero-order valence-electron chi connectivity index (χ0n) is 13.2. The summed E-state index contributed by atoms with van der Waals surface area (Å²) in [6, 6.07) is 11.1. The van der Waals surface area contributed by atoms with E-state index in [4.69, 9.17) is 11.6 Å². The Hall–Kier alpha value is -2.18. The number of aromatic nitrogens is 3. The maximum absolute atomic E-state index is 12.4. The first-order valence-electron chi connectivity index (χ1n) is 7.35. The van der Waals surface area contributed by atoms with Gasteiger partial charge >= 0.3 is 0 Å². The Bertz CT molecular complexity index is 885. The molecule has 0 unspecified atom stereocenters. The molecule has 7 heteroatoms. The fraction of sp³-hybridized carbons (Fsp3) is 0.176. The second kappa shape index (κ2) is 7.15. The van der Waals surface area contributed by atoms with Gasteiger partial charge in [-0.1, -0.05) is 41.6 Å². The van der Waals surface area contributed by atoms with E-state index in [1.54, 1.807) is 12.1 Å². The van der Waals surface area contributed by atoms with Crippen molar-refractivity contribution in [2.75, 3.05) is 5.32 Å². The predicted octanol–water partition coefficient (Wildman–Crippen LogP) is 4.11. The summed E-state index contributed by atoms with van der Waals surface area (Å²) < 4.78 is 0. The van der Waals surface area contributed by atoms with Crippen molar-refractivity contribution < 1.29 is 4.79 Å². The highest BCUT2D eigenvalue weighted by atomic mass is 35.5. The molecule has 5 nitrogen and oxygen atoms in total. The average Bonchev–Trinajstić information content (AvgIpc) is 2.56. The number of pyridine rings is 1. The molecule has 0 aliphatic rings. The predicted molar refractivity (Wildman–Crippen MR) is 97.5 cm³/mol. The number of hydrogen-bond acceptors (Lipinski definition) is 5. The summed E-state index contributed by atoms with van der Waals surface area (Å²) >= 11 is 7.20. The smallest absolute Gasteiger partial charge is 0.238 e. The number of carbonyl (C=O) groups excluding carboxylic acids is 1. The van der Waals surface area contributed by atoms with Crippen molar-refractivity contribution in [3.05, 3.63) is 53.4 Å². The lowest BCUT2D eigenvalue weighted by molar-refractivity contribution is -0.115. The summed E-state index contributed by atoms with van der Waals surface area (Å²) in [6.45, 7) is 3.68. The molecule has 1 atom stereocenters. The maximum Gasteiger partial charge on any atom is 0.238 e. The van der Waals surface area contributed by atoms with Crippen LogP contribution in [0.15, 0.2) is 47.6 Å². The zero-order chi connectivity index (χ0) is 17.1. The van der Waals surface area contributed by atoms with Crippen LogP contribution >= 0.6 is 23.4 Å². The van der Waals surface area contributed by atoms with Gasteiger partial charge in [-0.25, -0.2) is 15.0 Å². The van der Waals surface area contributed by atoms with Gasteiger partial charge in [0.1, 0.15) is 16.7 Å². The molecular formula is C17H15ClN4OS. The van der Waals surface area contributed by atoms with Crippen LogP contribution in [0.4, 0.5) is 5.82 Å². The largest absolute Gasteiger partial charge is 0.310 e. The van der Waals surface area contributed by atoms with Crippen molar-refractivity contribution in [2.45, 2.75) is 24.1 Å². The first-order valence-corrected chi connectivity index (χ1v) is 8.61. The Morgan fingerprint density at radius 2 is 2.00 bits per heavy atom. The number of carbonyl (C=O) groups is 1. The molecule has 2 aromatic heterocycles. The van der Waals surface area contributed by atoms with Crippen LogP contribution in [-0.4, -0.2) is 26.1 Å². The zero-order valence-corrected chi connectivity index (χ0v) is 14.7. The van der Waals surface area contributed by atoms with E-state index in [9.17, 15) is 4.79 Å². The molecule has 122 valence electrons. The summed E-state index contributed by atoms with van der Waals surface area (Å²) in [5, 5.41) is 4.71. The number of para-hydroxylation sites is 1. The van der Waals surface area contributed by atoms with Crippen LogP contribution in [0.25, 0.3) is 10.9 Å². The summed E-state index contributed by atoms with van der Waals surface area (Å²) in [5.41, 5.74) is 0.875. The molecule has 3 aromatic rings. The normalized spacial score (nSPS) is 12.1. The van der Waals surface area contributed by atoms with E-state index in [0.29, 0.717) is 16.7 Å². The van der Waals surface area contributed by atoms with Gasteiger partial charge in [-0.2, -0.15) is 0 Å². The van der Waals surface area contributed by atoms with Gasteiger partial charge in [0.05, 0.1) is 15.8 Å². The summed E-state index contributed by atoms with van der Waals surface area (Å²) in [7, 11) is 0. The molecule has 0 saturated carbocycles. The molecule has 2 heterocycles. The molecule has 1 amide bonds. The monoisotopic (exact) mass is 358 g/mol. The molecule has 1 aromatic carbocycles. The average molecular weight is 359 g/mol. The first kappa shape index (κ1) is 16.7. The van der Waals surface area contributed by atoms with Crippen LogP contribution in [0.5, 0.6) is 0 Å². The number of benzene rings is 1. The third-order valence-electron chi connectivity index (χ3n) is 3.32. The minimum Gasteiger partial charge on any atom is -0.310 e. The van der Waals surface area contributed by atoms with Crippen molar-refractivity contribution in [1.29, 1.82) is 0 Å². The topological polar surface area (TPSA) is 67.8 Å². The standard InChI is InChI=1S/C17H15ClN4OS/c1-10(16(23)22-15-8-7-12(18)9-19-15)24-17-13-5-3-4-6-14(13)20-11(2)21-17/h3-10H,1-2H3,(H,19,22,23)/t10-/m1/s1. The number of nitrogens with zero attached hydrogens (tertiary/aromatic N) is 3. The number of halogens is 1. The highest BCUT2D eigenvalue weighted by Crippen LogP contribution is 2.29. The highest BCUT2D eigenvalue weighted by Gasteiger charge is 2.18. The Kier molecular flexibility index (Phi) is 4.97. The summed E-state index contributed by atoms with van der Waals surface area (Å²) in [6.07, 6.45) is 1.50. The Labute approximate surface area is 148 Å². The molecule has 0 fully saturated rings. The number of nitrogens with one attached hydrogen (secondary N) is 1. The Morgan fingerprint density at radius 1 is 1.21 bits per heavy atom. The Balaban J connectivity index is 1.78. The van der Waals surface area contributed by atoms with Gasteiger partial charge in [0.15, 0.2) is 0 Å². The van der Waals surface area contributed by atoms with E-state index < -0.39 is 0 Å². The number of amides is 1. The van der Waals surface area contributed by atoms with Crippen LogP contribution in [0, 0.1) is 6.92 Å². The molecule has 0 saturated heterocycles. The van der Waals surface area contributed by atoms with E-state index >= 15 is 0 Å². The molecule has 0 bridgehead atoms. The van der Waals surface area contributed by atoms with Crippen molar-refractivity contribution in [3.63, 3.8) is 0 Å². The molecule has 1 N–H and O–H groups in total.